The summed E-state index contributed by atoms with van der Waals surface area (Å²) >= 11 is 0. The Balaban J connectivity index is 3.03. The molecule has 18 heavy (non-hydrogen) atoms. The van der Waals surface area contributed by atoms with Gasteiger partial charge in [0, 0.05) is 25.8 Å². The van der Waals surface area contributed by atoms with Gasteiger partial charge in [0.05, 0.1) is 18.1 Å². The Morgan fingerprint density at radius 3 is 2.78 bits per heavy atom. The Labute approximate surface area is 108 Å². The Kier molecular flexibility index (Phi) is 4.73. The number of carbonyl (C=O) groups is 1. The first-order valence-electron chi connectivity index (χ1n) is 5.93. The molecule has 0 saturated carbocycles. The maximum absolute atomic E-state index is 12.4. The van der Waals surface area contributed by atoms with Gasteiger partial charge in [0.15, 0.2) is 0 Å². The van der Waals surface area contributed by atoms with Gasteiger partial charge in [0.25, 0.3) is 5.91 Å². The Hall–Kier alpha value is -2.02. The minimum Gasteiger partial charge on any atom is -0.387 e. The first-order valence-corrected chi connectivity index (χ1v) is 5.93. The molecule has 96 valence electrons. The first kappa shape index (κ1) is 14.0. The van der Waals surface area contributed by atoms with Crippen LogP contribution in [0.15, 0.2) is 18.2 Å². The van der Waals surface area contributed by atoms with Gasteiger partial charge in [-0.2, -0.15) is 5.26 Å². The molecule has 0 aromatic heterocycles. The molecule has 1 amide bonds. The van der Waals surface area contributed by atoms with E-state index in [-0.39, 0.29) is 11.9 Å². The van der Waals surface area contributed by atoms with Crippen LogP contribution in [0.5, 0.6) is 0 Å². The lowest BCUT2D eigenvalue weighted by molar-refractivity contribution is 0.0747. The number of rotatable bonds is 4. The Morgan fingerprint density at radius 1 is 1.56 bits per heavy atom. The smallest absolute Gasteiger partial charge is 0.255 e. The van der Waals surface area contributed by atoms with E-state index < -0.39 is 0 Å². The molecular formula is C14H19N3O. The normalized spacial score (nSPS) is 11.5. The summed E-state index contributed by atoms with van der Waals surface area (Å²) in [6, 6.07) is 7.71. The van der Waals surface area contributed by atoms with Crippen LogP contribution < -0.4 is 5.32 Å². The van der Waals surface area contributed by atoms with Crippen molar-refractivity contribution in [1.82, 2.24) is 4.90 Å². The van der Waals surface area contributed by atoms with Crippen LogP contribution in [0.2, 0.25) is 0 Å². The van der Waals surface area contributed by atoms with Crippen LogP contribution in [0.1, 0.15) is 29.3 Å². The molecule has 4 heteroatoms. The second-order valence-electron chi connectivity index (χ2n) is 4.43. The number of amides is 1. The summed E-state index contributed by atoms with van der Waals surface area (Å²) in [5.74, 6) is -0.0641. The first-order chi connectivity index (χ1) is 8.51. The number of nitrogens with one attached hydrogen (secondary N) is 1. The van der Waals surface area contributed by atoms with E-state index in [1.807, 2.05) is 32.0 Å². The standard InChI is InChI=1S/C14H19N3O/c1-10-5-6-13(16-3)12(9-10)14(18)17(4)11(2)7-8-15/h5-6,9,11,16H,7H2,1-4H3. The highest BCUT2D eigenvalue weighted by molar-refractivity contribution is 5.99. The van der Waals surface area contributed by atoms with E-state index in [1.54, 1.807) is 19.0 Å². The molecule has 0 radical (unpaired) electrons. The molecule has 1 atom stereocenters. The van der Waals surface area contributed by atoms with Crippen molar-refractivity contribution in [3.05, 3.63) is 29.3 Å². The number of hydrogen-bond donors (Lipinski definition) is 1. The van der Waals surface area contributed by atoms with Gasteiger partial charge >= 0.3 is 0 Å². The molecule has 1 aromatic carbocycles. The molecule has 0 saturated heterocycles. The van der Waals surface area contributed by atoms with Crippen molar-refractivity contribution in [3.63, 3.8) is 0 Å². The molecule has 0 spiro atoms. The van der Waals surface area contributed by atoms with Gasteiger partial charge < -0.3 is 10.2 Å². The van der Waals surface area contributed by atoms with Gasteiger partial charge in [0.2, 0.25) is 0 Å². The molecular weight excluding hydrogens is 226 g/mol. The fourth-order valence-corrected chi connectivity index (χ4v) is 1.71. The zero-order valence-electron chi connectivity index (χ0n) is 11.3. The summed E-state index contributed by atoms with van der Waals surface area (Å²) in [6.45, 7) is 3.82. The molecule has 1 aromatic rings. The zero-order chi connectivity index (χ0) is 13.7. The maximum Gasteiger partial charge on any atom is 0.255 e. The minimum absolute atomic E-state index is 0.0641. The third-order valence-electron chi connectivity index (χ3n) is 3.04. The minimum atomic E-state index is -0.0901. The highest BCUT2D eigenvalue weighted by Crippen LogP contribution is 2.19. The number of nitrogens with zero attached hydrogens (tertiary/aromatic N) is 2. The van der Waals surface area contributed by atoms with Gasteiger partial charge in [-0.1, -0.05) is 11.6 Å². The Bertz CT molecular complexity index is 476. The molecule has 0 bridgehead atoms. The van der Waals surface area contributed by atoms with Gasteiger partial charge in [-0.15, -0.1) is 0 Å². The van der Waals surface area contributed by atoms with Crippen LogP contribution in [0.3, 0.4) is 0 Å². The van der Waals surface area contributed by atoms with E-state index in [0.717, 1.165) is 11.3 Å². The highest BCUT2D eigenvalue weighted by Gasteiger charge is 2.19. The lowest BCUT2D eigenvalue weighted by Gasteiger charge is -2.24. The van der Waals surface area contributed by atoms with Crippen molar-refractivity contribution in [1.29, 1.82) is 5.26 Å². The predicted octanol–water partition coefficient (Wildman–Crippen LogP) is 2.41. The molecule has 0 aliphatic heterocycles. The second kappa shape index (κ2) is 6.06. The molecule has 1 rings (SSSR count). The van der Waals surface area contributed by atoms with Crippen LogP contribution in [-0.4, -0.2) is 30.9 Å². The summed E-state index contributed by atoms with van der Waals surface area (Å²) in [5.41, 5.74) is 2.49. The summed E-state index contributed by atoms with van der Waals surface area (Å²) in [4.78, 5) is 14.0. The molecule has 0 fully saturated rings. The van der Waals surface area contributed by atoms with Crippen LogP contribution in [-0.2, 0) is 0 Å². The summed E-state index contributed by atoms with van der Waals surface area (Å²) < 4.78 is 0. The van der Waals surface area contributed by atoms with Crippen molar-refractivity contribution in [2.45, 2.75) is 26.3 Å². The predicted molar refractivity (Wildman–Crippen MR) is 72.5 cm³/mol. The number of hydrogen-bond acceptors (Lipinski definition) is 3. The van der Waals surface area contributed by atoms with E-state index in [1.165, 1.54) is 0 Å². The van der Waals surface area contributed by atoms with Crippen LogP contribution in [0.25, 0.3) is 0 Å². The molecule has 4 nitrogen and oxygen atoms in total. The van der Waals surface area contributed by atoms with Crippen LogP contribution in [0, 0.1) is 18.3 Å². The van der Waals surface area contributed by atoms with Crippen molar-refractivity contribution < 1.29 is 4.79 Å². The average Bonchev–Trinajstić information content (AvgIpc) is 2.37. The van der Waals surface area contributed by atoms with Gasteiger partial charge in [-0.3, -0.25) is 4.79 Å². The van der Waals surface area contributed by atoms with Gasteiger partial charge in [0.1, 0.15) is 0 Å². The van der Waals surface area contributed by atoms with E-state index in [9.17, 15) is 4.79 Å². The summed E-state index contributed by atoms with van der Waals surface area (Å²) in [6.07, 6.45) is 0.336. The third-order valence-corrected chi connectivity index (χ3v) is 3.04. The number of aryl methyl sites for hydroxylation is 1. The molecule has 1 N–H and O–H groups in total. The number of nitriles is 1. The van der Waals surface area contributed by atoms with Crippen molar-refractivity contribution >= 4 is 11.6 Å². The molecule has 0 aliphatic rings. The monoisotopic (exact) mass is 245 g/mol. The maximum atomic E-state index is 12.4. The number of benzene rings is 1. The SMILES string of the molecule is CNc1ccc(C)cc1C(=O)N(C)C(C)CC#N. The highest BCUT2D eigenvalue weighted by atomic mass is 16.2. The topological polar surface area (TPSA) is 56.1 Å². The summed E-state index contributed by atoms with van der Waals surface area (Å²) in [7, 11) is 3.52. The second-order valence-corrected chi connectivity index (χ2v) is 4.43. The van der Waals surface area contributed by atoms with Gasteiger partial charge in [-0.05, 0) is 26.0 Å². The Morgan fingerprint density at radius 2 is 2.22 bits per heavy atom. The molecule has 0 aliphatic carbocycles. The van der Waals surface area contributed by atoms with E-state index >= 15 is 0 Å². The third kappa shape index (κ3) is 3.01. The quantitative estimate of drug-likeness (QED) is 0.886. The molecule has 0 heterocycles. The number of anilines is 1. The van der Waals surface area contributed by atoms with Crippen molar-refractivity contribution in [2.24, 2.45) is 0 Å². The lowest BCUT2D eigenvalue weighted by atomic mass is 10.1. The average molecular weight is 245 g/mol. The van der Waals surface area contributed by atoms with Gasteiger partial charge in [-0.25, -0.2) is 0 Å². The fourth-order valence-electron chi connectivity index (χ4n) is 1.71. The lowest BCUT2D eigenvalue weighted by Crippen LogP contribution is -2.35. The zero-order valence-corrected chi connectivity index (χ0v) is 11.3. The van der Waals surface area contributed by atoms with E-state index in [4.69, 9.17) is 5.26 Å². The van der Waals surface area contributed by atoms with Crippen LogP contribution >= 0.6 is 0 Å². The molecule has 1 unspecified atom stereocenters. The van der Waals surface area contributed by atoms with Crippen molar-refractivity contribution in [3.8, 4) is 6.07 Å². The van der Waals surface area contributed by atoms with Crippen LogP contribution in [0.4, 0.5) is 5.69 Å². The summed E-state index contributed by atoms with van der Waals surface area (Å²) in [5, 5.41) is 11.7. The largest absolute Gasteiger partial charge is 0.387 e. The van der Waals surface area contributed by atoms with E-state index in [0.29, 0.717) is 12.0 Å². The number of carbonyl (C=O) groups excluding carboxylic acids is 1. The fraction of sp³-hybridized carbons (Fsp3) is 0.429. The van der Waals surface area contributed by atoms with E-state index in [2.05, 4.69) is 11.4 Å². The van der Waals surface area contributed by atoms with Crippen molar-refractivity contribution in [2.75, 3.05) is 19.4 Å².